The molecule has 1 aromatic carbocycles. The lowest BCUT2D eigenvalue weighted by Gasteiger charge is -2.17. The van der Waals surface area contributed by atoms with Gasteiger partial charge in [-0.15, -0.1) is 11.8 Å². The minimum atomic E-state index is 0.631. The predicted octanol–water partition coefficient (Wildman–Crippen LogP) is 2.47. The van der Waals surface area contributed by atoms with Gasteiger partial charge in [-0.1, -0.05) is 18.2 Å². The summed E-state index contributed by atoms with van der Waals surface area (Å²) in [6, 6.07) is 9.97. The Kier molecular flexibility index (Phi) is 4.60. The highest BCUT2D eigenvalue weighted by Crippen LogP contribution is 2.10. The molecule has 2 nitrogen and oxygen atoms in total. The normalized spacial score (nSPS) is 9.00. The van der Waals surface area contributed by atoms with Gasteiger partial charge in [0.15, 0.2) is 0 Å². The number of hydrogen-bond acceptors (Lipinski definition) is 2. The van der Waals surface area contributed by atoms with E-state index in [9.17, 15) is 0 Å². The highest BCUT2D eigenvalue weighted by molar-refractivity contribution is 5.42. The lowest BCUT2D eigenvalue weighted by Crippen LogP contribution is -2.17. The van der Waals surface area contributed by atoms with Crippen LogP contribution >= 0.6 is 0 Å². The molecule has 0 aromatic heterocycles. The van der Waals surface area contributed by atoms with E-state index in [0.717, 1.165) is 12.1 Å². The van der Waals surface area contributed by atoms with Crippen molar-refractivity contribution in [3.05, 3.63) is 30.3 Å². The van der Waals surface area contributed by atoms with Crippen LogP contribution in [0.15, 0.2) is 30.3 Å². The fourth-order valence-corrected chi connectivity index (χ4v) is 1.07. The average molecular weight is 189 g/mol. The van der Waals surface area contributed by atoms with E-state index in [2.05, 4.69) is 11.8 Å². The van der Waals surface area contributed by atoms with E-state index in [-0.39, 0.29) is 0 Å². The lowest BCUT2D eigenvalue weighted by molar-refractivity contribution is 0.127. The number of benzene rings is 1. The second kappa shape index (κ2) is 6.06. The van der Waals surface area contributed by atoms with Crippen molar-refractivity contribution in [2.24, 2.45) is 0 Å². The van der Waals surface area contributed by atoms with E-state index >= 15 is 0 Å². The molecule has 0 fully saturated rings. The monoisotopic (exact) mass is 189 g/mol. The standard InChI is InChI=1S/C12H15NO/c1-3-4-8-11-14-13(2)12-9-6-5-7-10-12/h5-7,9-10H,8,11H2,1-2H3. The van der Waals surface area contributed by atoms with Crippen LogP contribution in [0.2, 0.25) is 0 Å². The van der Waals surface area contributed by atoms with Crippen molar-refractivity contribution in [1.82, 2.24) is 0 Å². The van der Waals surface area contributed by atoms with Crippen molar-refractivity contribution < 1.29 is 4.84 Å². The molecular formula is C12H15NO. The summed E-state index contributed by atoms with van der Waals surface area (Å²) in [5.74, 6) is 5.79. The van der Waals surface area contributed by atoms with Gasteiger partial charge in [-0.25, -0.2) is 0 Å². The molecule has 1 rings (SSSR count). The van der Waals surface area contributed by atoms with Gasteiger partial charge in [0.1, 0.15) is 0 Å². The minimum absolute atomic E-state index is 0.631. The first kappa shape index (κ1) is 10.6. The number of nitrogens with zero attached hydrogens (tertiary/aromatic N) is 1. The maximum absolute atomic E-state index is 5.46. The maximum Gasteiger partial charge on any atom is 0.0857 e. The molecule has 0 unspecified atom stereocenters. The largest absolute Gasteiger partial charge is 0.273 e. The Labute approximate surface area is 85.4 Å². The second-order valence-electron chi connectivity index (χ2n) is 2.84. The van der Waals surface area contributed by atoms with E-state index in [4.69, 9.17) is 4.84 Å². The van der Waals surface area contributed by atoms with Gasteiger partial charge >= 0.3 is 0 Å². The van der Waals surface area contributed by atoms with Crippen molar-refractivity contribution >= 4 is 5.69 Å². The minimum Gasteiger partial charge on any atom is -0.273 e. The van der Waals surface area contributed by atoms with E-state index in [1.54, 1.807) is 5.06 Å². The maximum atomic E-state index is 5.46. The Morgan fingerprint density at radius 2 is 2.00 bits per heavy atom. The molecule has 0 saturated carbocycles. The Hall–Kier alpha value is -1.46. The number of rotatable bonds is 4. The summed E-state index contributed by atoms with van der Waals surface area (Å²) in [5.41, 5.74) is 1.05. The Morgan fingerprint density at radius 1 is 1.29 bits per heavy atom. The first-order valence-corrected chi connectivity index (χ1v) is 4.66. The summed E-state index contributed by atoms with van der Waals surface area (Å²) in [6.45, 7) is 2.47. The molecule has 74 valence electrons. The smallest absolute Gasteiger partial charge is 0.0857 e. The zero-order chi connectivity index (χ0) is 10.2. The molecule has 0 aliphatic rings. The number of anilines is 1. The van der Waals surface area contributed by atoms with Gasteiger partial charge in [0.25, 0.3) is 0 Å². The van der Waals surface area contributed by atoms with Crippen LogP contribution in [0.1, 0.15) is 13.3 Å². The van der Waals surface area contributed by atoms with Gasteiger partial charge in [0, 0.05) is 13.5 Å². The molecule has 0 aliphatic carbocycles. The van der Waals surface area contributed by atoms with E-state index in [1.165, 1.54) is 0 Å². The van der Waals surface area contributed by atoms with Gasteiger partial charge in [-0.05, 0) is 19.1 Å². The molecule has 0 atom stereocenters. The third kappa shape index (κ3) is 3.51. The Bertz CT molecular complexity index is 310. The third-order valence-electron chi connectivity index (χ3n) is 1.81. The highest BCUT2D eigenvalue weighted by Gasteiger charge is 1.97. The number of para-hydroxylation sites is 1. The van der Waals surface area contributed by atoms with Crippen LogP contribution in [0.4, 0.5) is 5.69 Å². The number of hydrogen-bond donors (Lipinski definition) is 0. The SMILES string of the molecule is CC#CCCON(C)c1ccccc1. The van der Waals surface area contributed by atoms with Gasteiger partial charge < -0.3 is 0 Å². The van der Waals surface area contributed by atoms with Crippen LogP contribution in [0.25, 0.3) is 0 Å². The average Bonchev–Trinajstić information content (AvgIpc) is 2.25. The van der Waals surface area contributed by atoms with Gasteiger partial charge in [-0.3, -0.25) is 9.90 Å². The topological polar surface area (TPSA) is 12.5 Å². The summed E-state index contributed by atoms with van der Waals surface area (Å²) in [7, 11) is 1.90. The van der Waals surface area contributed by atoms with Crippen molar-refractivity contribution in [2.75, 3.05) is 18.7 Å². The first-order valence-electron chi connectivity index (χ1n) is 4.66. The molecule has 0 heterocycles. The molecule has 0 saturated heterocycles. The molecular weight excluding hydrogens is 174 g/mol. The predicted molar refractivity (Wildman–Crippen MR) is 58.9 cm³/mol. The first-order chi connectivity index (χ1) is 6.84. The molecule has 0 spiro atoms. The fourth-order valence-electron chi connectivity index (χ4n) is 1.07. The summed E-state index contributed by atoms with van der Waals surface area (Å²) in [6.07, 6.45) is 0.772. The molecule has 2 heteroatoms. The van der Waals surface area contributed by atoms with Crippen molar-refractivity contribution in [3.63, 3.8) is 0 Å². The third-order valence-corrected chi connectivity index (χ3v) is 1.81. The van der Waals surface area contributed by atoms with E-state index in [1.807, 2.05) is 44.3 Å². The summed E-state index contributed by atoms with van der Waals surface area (Å²) < 4.78 is 0. The van der Waals surface area contributed by atoms with E-state index < -0.39 is 0 Å². The van der Waals surface area contributed by atoms with E-state index in [0.29, 0.717) is 6.61 Å². The lowest BCUT2D eigenvalue weighted by atomic mass is 10.3. The van der Waals surface area contributed by atoms with Crippen LogP contribution in [-0.2, 0) is 4.84 Å². The van der Waals surface area contributed by atoms with Crippen molar-refractivity contribution in [2.45, 2.75) is 13.3 Å². The highest BCUT2D eigenvalue weighted by atomic mass is 16.7. The van der Waals surface area contributed by atoms with Crippen LogP contribution < -0.4 is 5.06 Å². The molecule has 0 amide bonds. The number of hydroxylamine groups is 1. The molecule has 0 radical (unpaired) electrons. The van der Waals surface area contributed by atoms with Crippen LogP contribution in [0.3, 0.4) is 0 Å². The molecule has 0 aliphatic heterocycles. The Balaban J connectivity index is 2.34. The fraction of sp³-hybridized carbons (Fsp3) is 0.333. The zero-order valence-electron chi connectivity index (χ0n) is 8.66. The van der Waals surface area contributed by atoms with Gasteiger partial charge in [-0.2, -0.15) is 0 Å². The Morgan fingerprint density at radius 3 is 2.64 bits per heavy atom. The van der Waals surface area contributed by atoms with Gasteiger partial charge in [0.2, 0.25) is 0 Å². The molecule has 14 heavy (non-hydrogen) atoms. The summed E-state index contributed by atoms with van der Waals surface area (Å²) >= 11 is 0. The van der Waals surface area contributed by atoms with Crippen molar-refractivity contribution in [1.29, 1.82) is 0 Å². The molecule has 1 aromatic rings. The van der Waals surface area contributed by atoms with Crippen LogP contribution in [-0.4, -0.2) is 13.7 Å². The van der Waals surface area contributed by atoms with Crippen LogP contribution in [0, 0.1) is 11.8 Å². The summed E-state index contributed by atoms with van der Waals surface area (Å²) in [4.78, 5) is 5.46. The van der Waals surface area contributed by atoms with Crippen LogP contribution in [0.5, 0.6) is 0 Å². The van der Waals surface area contributed by atoms with Gasteiger partial charge in [0.05, 0.1) is 12.3 Å². The quantitative estimate of drug-likeness (QED) is 0.410. The summed E-state index contributed by atoms with van der Waals surface area (Å²) in [5, 5.41) is 1.76. The zero-order valence-corrected chi connectivity index (χ0v) is 8.66. The second-order valence-corrected chi connectivity index (χ2v) is 2.84. The van der Waals surface area contributed by atoms with Crippen molar-refractivity contribution in [3.8, 4) is 11.8 Å². The molecule has 0 N–H and O–H groups in total. The molecule has 0 bridgehead atoms.